The van der Waals surface area contributed by atoms with E-state index >= 15 is 17.6 Å². The molecular weight excluding hydrogens is 870 g/mol. The second-order valence-corrected chi connectivity index (χ2v) is 17.0. The van der Waals surface area contributed by atoms with Crippen LogP contribution in [0.4, 0.5) is 22.0 Å². The van der Waals surface area contributed by atoms with Gasteiger partial charge in [0, 0.05) is 21.5 Å². The first-order valence-corrected chi connectivity index (χ1v) is 22.3. The van der Waals surface area contributed by atoms with E-state index in [4.69, 9.17) is 0 Å². The van der Waals surface area contributed by atoms with Crippen molar-refractivity contribution in [2.24, 2.45) is 0 Å². The standard InChI is InChI=1S/C61H34F5N3/c62-57-56(58(63)60(65)61(66)59(57)64)44-33-54(68-50-25-21-40(36-13-5-1-6-14-36)29-45(50)46-30-41(22-26-51(46)68)37-15-7-2-8-16-37)49(35-67)55(34-44)69-52-27-23-42(38-17-9-3-10-18-38)31-47(52)48-32-43(24-28-53(48)69)39-19-11-4-12-20-39/h1-34H. The molecular formula is C61H34F5N3. The summed E-state index contributed by atoms with van der Waals surface area (Å²) in [7, 11) is 0. The molecule has 2 aromatic heterocycles. The molecule has 0 aliphatic rings. The fourth-order valence-corrected chi connectivity index (χ4v) is 9.89. The van der Waals surface area contributed by atoms with E-state index in [9.17, 15) is 9.65 Å². The molecule has 69 heavy (non-hydrogen) atoms. The Morgan fingerprint density at radius 2 is 0.565 bits per heavy atom. The van der Waals surface area contributed by atoms with E-state index in [2.05, 4.69) is 30.3 Å². The third kappa shape index (κ3) is 6.70. The second kappa shape index (κ2) is 16.4. The Labute approximate surface area is 392 Å². The van der Waals surface area contributed by atoms with E-state index in [1.54, 1.807) is 0 Å². The molecule has 12 aromatic rings. The minimum Gasteiger partial charge on any atom is -0.308 e. The van der Waals surface area contributed by atoms with Crippen LogP contribution in [0, 0.1) is 40.4 Å². The van der Waals surface area contributed by atoms with Gasteiger partial charge < -0.3 is 9.13 Å². The van der Waals surface area contributed by atoms with Crippen LogP contribution in [0.3, 0.4) is 0 Å². The number of nitriles is 1. The SMILES string of the molecule is N#Cc1c(-n2c3ccc(-c4ccccc4)cc3c3cc(-c4ccccc4)ccc32)cc(-c2c(F)c(F)c(F)c(F)c2F)cc1-n1c2ccc(-c3ccccc3)cc2c2cc(-c3ccccc3)ccc21. The molecule has 10 aromatic carbocycles. The van der Waals surface area contributed by atoms with Gasteiger partial charge in [0.2, 0.25) is 5.82 Å². The molecule has 0 bridgehead atoms. The summed E-state index contributed by atoms with van der Waals surface area (Å²) < 4.78 is 81.6. The van der Waals surface area contributed by atoms with E-state index in [0.717, 1.165) is 66.1 Å². The molecule has 0 aliphatic carbocycles. The van der Waals surface area contributed by atoms with E-state index in [1.165, 1.54) is 12.1 Å². The van der Waals surface area contributed by atoms with Gasteiger partial charge in [-0.3, -0.25) is 0 Å². The van der Waals surface area contributed by atoms with E-state index in [-0.39, 0.29) is 22.5 Å². The molecule has 3 nitrogen and oxygen atoms in total. The zero-order valence-corrected chi connectivity index (χ0v) is 36.4. The lowest BCUT2D eigenvalue weighted by Crippen LogP contribution is -2.08. The maximum absolute atomic E-state index is 16.3. The first-order valence-electron chi connectivity index (χ1n) is 22.3. The van der Waals surface area contributed by atoms with E-state index < -0.39 is 34.6 Å². The highest BCUT2D eigenvalue weighted by atomic mass is 19.2. The Kier molecular flexibility index (Phi) is 9.82. The van der Waals surface area contributed by atoms with Crippen LogP contribution in [0.5, 0.6) is 0 Å². The molecule has 0 fully saturated rings. The quantitative estimate of drug-likeness (QED) is 0.0891. The maximum Gasteiger partial charge on any atom is 0.200 e. The number of hydrogen-bond acceptors (Lipinski definition) is 1. The summed E-state index contributed by atoms with van der Waals surface area (Å²) in [4.78, 5) is 0. The number of rotatable bonds is 7. The second-order valence-electron chi connectivity index (χ2n) is 17.0. The lowest BCUT2D eigenvalue weighted by molar-refractivity contribution is 0.381. The van der Waals surface area contributed by atoms with Gasteiger partial charge in [0.25, 0.3) is 0 Å². The minimum absolute atomic E-state index is 0.0961. The van der Waals surface area contributed by atoms with Crippen LogP contribution < -0.4 is 0 Å². The molecule has 2 heterocycles. The highest BCUT2D eigenvalue weighted by Crippen LogP contribution is 2.44. The van der Waals surface area contributed by atoms with Crippen molar-refractivity contribution in [3.05, 3.63) is 241 Å². The average molecular weight is 904 g/mol. The van der Waals surface area contributed by atoms with Gasteiger partial charge in [-0.2, -0.15) is 5.26 Å². The van der Waals surface area contributed by atoms with Crippen molar-refractivity contribution >= 4 is 43.6 Å². The van der Waals surface area contributed by atoms with E-state index in [1.807, 2.05) is 179 Å². The Morgan fingerprint density at radius 1 is 0.290 bits per heavy atom. The van der Waals surface area contributed by atoms with Crippen molar-refractivity contribution in [1.29, 1.82) is 5.26 Å². The van der Waals surface area contributed by atoms with Crippen molar-refractivity contribution in [2.75, 3.05) is 0 Å². The molecule has 0 N–H and O–H groups in total. The van der Waals surface area contributed by atoms with Gasteiger partial charge in [0.15, 0.2) is 23.3 Å². The zero-order chi connectivity index (χ0) is 46.9. The van der Waals surface area contributed by atoms with Gasteiger partial charge in [0.05, 0.1) is 39.0 Å². The van der Waals surface area contributed by atoms with E-state index in [0.29, 0.717) is 22.1 Å². The van der Waals surface area contributed by atoms with Gasteiger partial charge in [-0.1, -0.05) is 146 Å². The lowest BCUT2D eigenvalue weighted by atomic mass is 9.98. The first-order chi connectivity index (χ1) is 33.8. The number of halogens is 5. The van der Waals surface area contributed by atoms with Crippen molar-refractivity contribution in [1.82, 2.24) is 9.13 Å². The molecule has 0 saturated heterocycles. The topological polar surface area (TPSA) is 33.6 Å². The summed E-state index contributed by atoms with van der Waals surface area (Å²) in [6, 6.07) is 68.6. The Morgan fingerprint density at radius 3 is 0.841 bits per heavy atom. The fourth-order valence-electron chi connectivity index (χ4n) is 9.89. The smallest absolute Gasteiger partial charge is 0.200 e. The number of benzene rings is 10. The fraction of sp³-hybridized carbons (Fsp3) is 0. The van der Waals surface area contributed by atoms with Crippen LogP contribution in [0.25, 0.3) is 111 Å². The molecule has 0 amide bonds. The summed E-state index contributed by atoms with van der Waals surface area (Å²) in [5.41, 5.74) is 9.22. The van der Waals surface area contributed by atoms with Crippen LogP contribution >= 0.6 is 0 Å². The van der Waals surface area contributed by atoms with Gasteiger partial charge in [-0.25, -0.2) is 22.0 Å². The highest BCUT2D eigenvalue weighted by Gasteiger charge is 2.30. The molecule has 0 atom stereocenters. The Hall–Kier alpha value is -9.06. The van der Waals surface area contributed by atoms with Crippen molar-refractivity contribution in [3.63, 3.8) is 0 Å². The predicted molar refractivity (Wildman–Crippen MR) is 267 cm³/mol. The number of fused-ring (bicyclic) bond motifs is 6. The minimum atomic E-state index is -2.26. The Bertz CT molecular complexity index is 3620. The number of nitrogens with zero attached hydrogens (tertiary/aromatic N) is 3. The summed E-state index contributed by atoms with van der Waals surface area (Å²) in [6.45, 7) is 0. The van der Waals surface area contributed by atoms with Gasteiger partial charge in [-0.05, 0) is 111 Å². The monoisotopic (exact) mass is 903 g/mol. The molecule has 0 spiro atoms. The van der Waals surface area contributed by atoms with Crippen LogP contribution in [0.2, 0.25) is 0 Å². The van der Waals surface area contributed by atoms with Crippen LogP contribution in [-0.2, 0) is 0 Å². The van der Waals surface area contributed by atoms with Crippen LogP contribution in [0.1, 0.15) is 5.56 Å². The van der Waals surface area contributed by atoms with Crippen LogP contribution in [0.15, 0.2) is 206 Å². The summed E-state index contributed by atoms with van der Waals surface area (Å²) in [5, 5.41) is 14.8. The molecule has 0 aliphatic heterocycles. The largest absolute Gasteiger partial charge is 0.308 e. The van der Waals surface area contributed by atoms with Crippen LogP contribution in [-0.4, -0.2) is 9.13 Å². The van der Waals surface area contributed by atoms with Gasteiger partial charge in [-0.15, -0.1) is 0 Å². The summed E-state index contributed by atoms with van der Waals surface area (Å²) in [5.74, 6) is -10.4. The average Bonchev–Trinajstić information content (AvgIpc) is 3.91. The summed E-state index contributed by atoms with van der Waals surface area (Å²) >= 11 is 0. The predicted octanol–water partition coefficient (Wildman–Crippen LogP) is 16.8. The molecule has 0 unspecified atom stereocenters. The van der Waals surface area contributed by atoms with Gasteiger partial charge in [0.1, 0.15) is 11.6 Å². The highest BCUT2D eigenvalue weighted by molar-refractivity contribution is 6.14. The van der Waals surface area contributed by atoms with Gasteiger partial charge >= 0.3 is 0 Å². The normalized spacial score (nSPS) is 11.5. The third-order valence-corrected chi connectivity index (χ3v) is 13.1. The van der Waals surface area contributed by atoms with Crippen molar-refractivity contribution in [2.45, 2.75) is 0 Å². The third-order valence-electron chi connectivity index (χ3n) is 13.1. The summed E-state index contributed by atoms with van der Waals surface area (Å²) in [6.07, 6.45) is 0. The van der Waals surface area contributed by atoms with Crippen molar-refractivity contribution in [3.8, 4) is 73.1 Å². The first kappa shape index (κ1) is 41.4. The molecule has 8 heteroatoms. The lowest BCUT2D eigenvalue weighted by Gasteiger charge is -2.19. The van der Waals surface area contributed by atoms with Crippen molar-refractivity contribution < 1.29 is 22.0 Å². The Balaban J connectivity index is 1.22. The number of aromatic nitrogens is 2. The number of hydrogen-bond donors (Lipinski definition) is 0. The maximum atomic E-state index is 16.3. The molecule has 328 valence electrons. The molecule has 0 saturated carbocycles. The molecule has 0 radical (unpaired) electrons. The zero-order valence-electron chi connectivity index (χ0n) is 36.4. The molecule has 12 rings (SSSR count).